The Hall–Kier alpha value is -3.65. The lowest BCUT2D eigenvalue weighted by Crippen LogP contribution is -2.32. The number of benzene rings is 3. The van der Waals surface area contributed by atoms with E-state index in [0.717, 1.165) is 0 Å². The van der Waals surface area contributed by atoms with Crippen LogP contribution in [0.15, 0.2) is 83.8 Å². The number of ether oxygens (including phenoxy) is 1. The fourth-order valence-corrected chi connectivity index (χ4v) is 4.32. The molecule has 166 valence electrons. The third kappa shape index (κ3) is 6.42. The van der Waals surface area contributed by atoms with Crippen molar-refractivity contribution in [2.45, 2.75) is 17.6 Å². The van der Waals surface area contributed by atoms with E-state index in [-0.39, 0.29) is 23.1 Å². The zero-order valence-corrected chi connectivity index (χ0v) is 18.4. The minimum absolute atomic E-state index is 0.163. The summed E-state index contributed by atoms with van der Waals surface area (Å²) in [6, 6.07) is 21.4. The van der Waals surface area contributed by atoms with Crippen LogP contribution in [0.5, 0.6) is 5.75 Å². The van der Waals surface area contributed by atoms with Crippen LogP contribution < -0.4 is 15.4 Å². The fraction of sp³-hybridized carbons (Fsp3) is 0.167. The van der Waals surface area contributed by atoms with Gasteiger partial charge in [0.05, 0.1) is 23.8 Å². The maximum absolute atomic E-state index is 12.5. The Kier molecular flexibility index (Phi) is 7.62. The van der Waals surface area contributed by atoms with Gasteiger partial charge in [-0.25, -0.2) is 8.42 Å². The molecule has 8 heteroatoms. The Morgan fingerprint density at radius 1 is 0.875 bits per heavy atom. The summed E-state index contributed by atoms with van der Waals surface area (Å²) in [5, 5.41) is 5.24. The molecule has 0 aliphatic carbocycles. The van der Waals surface area contributed by atoms with Crippen molar-refractivity contribution in [1.82, 2.24) is 5.32 Å². The maximum atomic E-state index is 12.5. The van der Waals surface area contributed by atoms with Crippen molar-refractivity contribution in [2.24, 2.45) is 0 Å². The fourth-order valence-electron chi connectivity index (χ4n) is 2.95. The van der Waals surface area contributed by atoms with E-state index in [1.807, 2.05) is 6.92 Å². The minimum atomic E-state index is -3.47. The number of rotatable bonds is 9. The van der Waals surface area contributed by atoms with E-state index < -0.39 is 15.7 Å². The zero-order valence-electron chi connectivity index (χ0n) is 17.6. The van der Waals surface area contributed by atoms with Crippen molar-refractivity contribution in [3.05, 3.63) is 90.0 Å². The number of hydrogen-bond donors (Lipinski definition) is 2. The molecule has 32 heavy (non-hydrogen) atoms. The highest BCUT2D eigenvalue weighted by molar-refractivity contribution is 7.90. The lowest BCUT2D eigenvalue weighted by Gasteiger charge is -2.09. The molecule has 0 heterocycles. The first-order chi connectivity index (χ1) is 15.4. The Morgan fingerprint density at radius 2 is 1.53 bits per heavy atom. The van der Waals surface area contributed by atoms with E-state index in [4.69, 9.17) is 4.74 Å². The second kappa shape index (κ2) is 10.6. The maximum Gasteiger partial charge on any atom is 0.251 e. The molecule has 2 amide bonds. The molecule has 0 spiro atoms. The van der Waals surface area contributed by atoms with Gasteiger partial charge in [0.25, 0.3) is 5.91 Å². The Bertz CT molecular complexity index is 1160. The van der Waals surface area contributed by atoms with Crippen LogP contribution in [0, 0.1) is 0 Å². The number of sulfone groups is 1. The molecule has 0 atom stereocenters. The number of carbonyl (C=O) groups excluding carboxylic acids is 2. The molecule has 0 radical (unpaired) electrons. The van der Waals surface area contributed by atoms with Gasteiger partial charge in [-0.3, -0.25) is 9.59 Å². The summed E-state index contributed by atoms with van der Waals surface area (Å²) in [6.45, 7) is 2.25. The summed E-state index contributed by atoms with van der Waals surface area (Å²) in [7, 11) is -3.47. The molecule has 3 aromatic carbocycles. The average Bonchev–Trinajstić information content (AvgIpc) is 2.80. The summed E-state index contributed by atoms with van der Waals surface area (Å²) in [5.74, 6) is -0.250. The molecule has 0 fully saturated rings. The van der Waals surface area contributed by atoms with Crippen molar-refractivity contribution in [2.75, 3.05) is 18.5 Å². The van der Waals surface area contributed by atoms with Gasteiger partial charge in [-0.1, -0.05) is 30.3 Å². The molecule has 0 aromatic heterocycles. The van der Waals surface area contributed by atoms with Gasteiger partial charge >= 0.3 is 0 Å². The van der Waals surface area contributed by atoms with Gasteiger partial charge in [0.2, 0.25) is 5.91 Å². The quantitative estimate of drug-likeness (QED) is 0.518. The van der Waals surface area contributed by atoms with Crippen molar-refractivity contribution in [3.63, 3.8) is 0 Å². The highest BCUT2D eigenvalue weighted by atomic mass is 32.2. The SMILES string of the molecule is CCOc1ccc(NC(=O)CNC(=O)c2ccc(CS(=O)(=O)c3ccccc3)cc2)cc1. The van der Waals surface area contributed by atoms with E-state index in [9.17, 15) is 18.0 Å². The molecule has 0 bridgehead atoms. The first kappa shape index (κ1) is 23.0. The molecule has 0 saturated heterocycles. The highest BCUT2D eigenvalue weighted by Gasteiger charge is 2.15. The third-order valence-electron chi connectivity index (χ3n) is 4.53. The topological polar surface area (TPSA) is 102 Å². The van der Waals surface area contributed by atoms with Gasteiger partial charge in [-0.2, -0.15) is 0 Å². The number of anilines is 1. The highest BCUT2D eigenvalue weighted by Crippen LogP contribution is 2.17. The molecule has 2 N–H and O–H groups in total. The van der Waals surface area contributed by atoms with Crippen LogP contribution in [0.1, 0.15) is 22.8 Å². The third-order valence-corrected chi connectivity index (χ3v) is 6.24. The average molecular weight is 453 g/mol. The van der Waals surface area contributed by atoms with Crippen molar-refractivity contribution < 1.29 is 22.7 Å². The first-order valence-electron chi connectivity index (χ1n) is 10.0. The van der Waals surface area contributed by atoms with Crippen LogP contribution in [-0.2, 0) is 20.4 Å². The van der Waals surface area contributed by atoms with Gasteiger partial charge in [0, 0.05) is 11.3 Å². The predicted molar refractivity (Wildman–Crippen MR) is 122 cm³/mol. The van der Waals surface area contributed by atoms with Crippen LogP contribution in [0.25, 0.3) is 0 Å². The molecule has 3 aromatic rings. The van der Waals surface area contributed by atoms with Crippen LogP contribution in [0.4, 0.5) is 5.69 Å². The largest absolute Gasteiger partial charge is 0.494 e. The summed E-state index contributed by atoms with van der Waals surface area (Å²) in [6.07, 6.45) is 0. The van der Waals surface area contributed by atoms with Gasteiger partial charge < -0.3 is 15.4 Å². The van der Waals surface area contributed by atoms with E-state index in [1.165, 1.54) is 12.1 Å². The second-order valence-electron chi connectivity index (χ2n) is 6.96. The number of carbonyl (C=O) groups is 2. The smallest absolute Gasteiger partial charge is 0.251 e. The van der Waals surface area contributed by atoms with Gasteiger partial charge in [-0.05, 0) is 61.0 Å². The predicted octanol–water partition coefficient (Wildman–Crippen LogP) is 3.43. The van der Waals surface area contributed by atoms with Crippen LogP contribution in [0.2, 0.25) is 0 Å². The normalized spacial score (nSPS) is 10.9. The van der Waals surface area contributed by atoms with E-state index >= 15 is 0 Å². The Labute approximate surface area is 187 Å². The number of amides is 2. The molecular formula is C24H24N2O5S. The monoisotopic (exact) mass is 452 g/mol. The minimum Gasteiger partial charge on any atom is -0.494 e. The Balaban J connectivity index is 1.51. The first-order valence-corrected chi connectivity index (χ1v) is 11.7. The molecule has 0 aliphatic heterocycles. The zero-order chi connectivity index (χ0) is 23.0. The van der Waals surface area contributed by atoms with Crippen LogP contribution >= 0.6 is 0 Å². The van der Waals surface area contributed by atoms with Crippen molar-refractivity contribution in [3.8, 4) is 5.75 Å². The molecular weight excluding hydrogens is 428 g/mol. The molecule has 3 rings (SSSR count). The van der Waals surface area contributed by atoms with Crippen molar-refractivity contribution >= 4 is 27.3 Å². The number of nitrogens with one attached hydrogen (secondary N) is 2. The van der Waals surface area contributed by atoms with Crippen LogP contribution in [0.3, 0.4) is 0 Å². The number of hydrogen-bond acceptors (Lipinski definition) is 5. The van der Waals surface area contributed by atoms with Crippen molar-refractivity contribution in [1.29, 1.82) is 0 Å². The van der Waals surface area contributed by atoms with Gasteiger partial charge in [-0.15, -0.1) is 0 Å². The lowest BCUT2D eigenvalue weighted by atomic mass is 10.1. The standard InChI is InChI=1S/C24H24N2O5S/c1-2-31-21-14-12-20(13-15-21)26-23(27)16-25-24(28)19-10-8-18(9-11-19)17-32(29,30)22-6-4-3-5-7-22/h3-15H,2,16-17H2,1H3,(H,25,28)(H,26,27). The van der Waals surface area contributed by atoms with Gasteiger partial charge in [0.15, 0.2) is 9.84 Å². The summed E-state index contributed by atoms with van der Waals surface area (Å²) in [4.78, 5) is 24.6. The molecule has 0 aliphatic rings. The summed E-state index contributed by atoms with van der Waals surface area (Å²) < 4.78 is 30.3. The summed E-state index contributed by atoms with van der Waals surface area (Å²) >= 11 is 0. The summed E-state index contributed by atoms with van der Waals surface area (Å²) in [5.41, 5.74) is 1.50. The van der Waals surface area contributed by atoms with Crippen LogP contribution in [-0.4, -0.2) is 33.4 Å². The van der Waals surface area contributed by atoms with E-state index in [0.29, 0.717) is 29.2 Å². The van der Waals surface area contributed by atoms with E-state index in [1.54, 1.807) is 66.7 Å². The lowest BCUT2D eigenvalue weighted by molar-refractivity contribution is -0.115. The molecule has 0 unspecified atom stereocenters. The molecule has 7 nitrogen and oxygen atoms in total. The Morgan fingerprint density at radius 3 is 2.16 bits per heavy atom. The molecule has 0 saturated carbocycles. The van der Waals surface area contributed by atoms with E-state index in [2.05, 4.69) is 10.6 Å². The van der Waals surface area contributed by atoms with Gasteiger partial charge in [0.1, 0.15) is 5.75 Å². The second-order valence-corrected chi connectivity index (χ2v) is 8.95.